The highest BCUT2D eigenvalue weighted by Gasteiger charge is 2.14. The van der Waals surface area contributed by atoms with E-state index in [0.717, 1.165) is 36.4 Å². The quantitative estimate of drug-likeness (QED) is 0.324. The normalized spacial score (nSPS) is 12.2. The molecule has 21 heavy (non-hydrogen) atoms. The van der Waals surface area contributed by atoms with E-state index in [-0.39, 0.29) is 5.38 Å². The van der Waals surface area contributed by atoms with Gasteiger partial charge in [0.1, 0.15) is 5.75 Å². The molecule has 0 aromatic heterocycles. The summed E-state index contributed by atoms with van der Waals surface area (Å²) in [6.07, 6.45) is 0.980. The lowest BCUT2D eigenvalue weighted by Crippen LogP contribution is -1.98. The largest absolute Gasteiger partial charge is 0.492 e. The summed E-state index contributed by atoms with van der Waals surface area (Å²) >= 11 is 18.5. The molecule has 0 heterocycles. The summed E-state index contributed by atoms with van der Waals surface area (Å²) in [6.45, 7) is 2.78. The molecule has 0 saturated heterocycles. The van der Waals surface area contributed by atoms with Crippen LogP contribution in [0.3, 0.4) is 0 Å². The van der Waals surface area contributed by atoms with Gasteiger partial charge in [-0.2, -0.15) is 0 Å². The molecule has 5 heteroatoms. The van der Waals surface area contributed by atoms with E-state index in [1.54, 1.807) is 0 Å². The van der Waals surface area contributed by atoms with Crippen LogP contribution in [-0.4, -0.2) is 6.61 Å². The maximum Gasteiger partial charge on any atom is 0.133 e. The van der Waals surface area contributed by atoms with Crippen molar-refractivity contribution in [2.24, 2.45) is 0 Å². The van der Waals surface area contributed by atoms with E-state index >= 15 is 0 Å². The van der Waals surface area contributed by atoms with Crippen molar-refractivity contribution < 1.29 is 4.74 Å². The molecule has 0 fully saturated rings. The van der Waals surface area contributed by atoms with Gasteiger partial charge in [-0.25, -0.2) is 0 Å². The number of halogens is 4. The molecule has 112 valence electrons. The predicted octanol–water partition coefficient (Wildman–Crippen LogP) is 6.82. The van der Waals surface area contributed by atoms with Gasteiger partial charge in [0.25, 0.3) is 0 Å². The third-order valence-corrected chi connectivity index (χ3v) is 5.64. The van der Waals surface area contributed by atoms with Crippen LogP contribution in [0.25, 0.3) is 0 Å². The fourth-order valence-corrected chi connectivity index (χ4v) is 3.17. The second kappa shape index (κ2) is 8.04. The van der Waals surface area contributed by atoms with Crippen LogP contribution in [-0.2, 0) is 0 Å². The minimum Gasteiger partial charge on any atom is -0.492 e. The van der Waals surface area contributed by atoms with Gasteiger partial charge in [-0.05, 0) is 80.3 Å². The molecule has 0 aliphatic carbocycles. The number of benzene rings is 2. The summed E-state index contributed by atoms with van der Waals surface area (Å²) in [6, 6.07) is 11.8. The van der Waals surface area contributed by atoms with Crippen molar-refractivity contribution >= 4 is 61.7 Å². The second-order valence-corrected chi connectivity index (χ2v) is 7.43. The molecule has 0 amide bonds. The van der Waals surface area contributed by atoms with E-state index in [9.17, 15) is 0 Å². The van der Waals surface area contributed by atoms with Crippen molar-refractivity contribution in [1.29, 1.82) is 0 Å². The average molecular weight is 500 g/mol. The molecule has 0 spiro atoms. The molecule has 0 radical (unpaired) electrons. The summed E-state index contributed by atoms with van der Waals surface area (Å²) in [4.78, 5) is 0. The Bertz CT molecular complexity index is 634. The van der Waals surface area contributed by atoms with Crippen LogP contribution in [0.4, 0.5) is 0 Å². The van der Waals surface area contributed by atoms with E-state index in [1.165, 1.54) is 0 Å². The van der Waals surface area contributed by atoms with Crippen LogP contribution in [0.1, 0.15) is 29.8 Å². The second-order valence-electron chi connectivity index (χ2n) is 4.57. The monoisotopic (exact) mass is 498 g/mol. The summed E-state index contributed by atoms with van der Waals surface area (Å²) in [5.74, 6) is 0.838. The molecule has 0 N–H and O–H groups in total. The Kier molecular flexibility index (Phi) is 6.66. The van der Waals surface area contributed by atoms with Gasteiger partial charge in [0.2, 0.25) is 0 Å². The van der Waals surface area contributed by atoms with Gasteiger partial charge >= 0.3 is 0 Å². The third kappa shape index (κ3) is 4.50. The zero-order chi connectivity index (χ0) is 15.4. The summed E-state index contributed by atoms with van der Waals surface area (Å²) in [5.41, 5.74) is 1.99. The zero-order valence-corrected chi connectivity index (χ0v) is 16.6. The molecule has 0 aliphatic heterocycles. The van der Waals surface area contributed by atoms with Gasteiger partial charge in [0.05, 0.1) is 21.5 Å². The molecule has 1 atom stereocenters. The first-order valence-electron chi connectivity index (χ1n) is 6.54. The highest BCUT2D eigenvalue weighted by atomic mass is 127. The number of alkyl halides is 1. The van der Waals surface area contributed by atoms with Gasteiger partial charge < -0.3 is 4.74 Å². The molecule has 0 saturated carbocycles. The van der Waals surface area contributed by atoms with Crippen molar-refractivity contribution in [1.82, 2.24) is 0 Å². The van der Waals surface area contributed by atoms with Gasteiger partial charge in [-0.15, -0.1) is 11.6 Å². The molecule has 2 rings (SSSR count). The molecule has 0 aliphatic rings. The predicted molar refractivity (Wildman–Crippen MR) is 102 cm³/mol. The first-order chi connectivity index (χ1) is 10.0. The minimum absolute atomic E-state index is 0.240. The van der Waals surface area contributed by atoms with Crippen molar-refractivity contribution in [3.8, 4) is 5.75 Å². The van der Waals surface area contributed by atoms with Crippen LogP contribution >= 0.6 is 61.7 Å². The Morgan fingerprint density at radius 2 is 1.86 bits per heavy atom. The Hall–Kier alpha value is 0.0300. The third-order valence-electron chi connectivity index (χ3n) is 2.95. The van der Waals surface area contributed by atoms with Crippen LogP contribution < -0.4 is 4.74 Å². The molecular formula is C16H14BrCl2IO. The van der Waals surface area contributed by atoms with Crippen LogP contribution in [0, 0.1) is 3.57 Å². The molecule has 1 nitrogen and oxygen atoms in total. The molecule has 2 aromatic carbocycles. The molecule has 0 bridgehead atoms. The van der Waals surface area contributed by atoms with E-state index in [0.29, 0.717) is 6.61 Å². The smallest absolute Gasteiger partial charge is 0.133 e. The summed E-state index contributed by atoms with van der Waals surface area (Å²) in [5, 5.41) is 0.483. The number of ether oxygens (including phenoxy) is 1. The fourth-order valence-electron chi connectivity index (χ4n) is 1.87. The number of hydrogen-bond donors (Lipinski definition) is 0. The lowest BCUT2D eigenvalue weighted by Gasteiger charge is -2.14. The van der Waals surface area contributed by atoms with Crippen molar-refractivity contribution in [3.05, 3.63) is 60.6 Å². The van der Waals surface area contributed by atoms with Crippen LogP contribution in [0.2, 0.25) is 5.02 Å². The first kappa shape index (κ1) is 17.4. The topological polar surface area (TPSA) is 9.23 Å². The number of rotatable bonds is 5. The zero-order valence-electron chi connectivity index (χ0n) is 11.4. The van der Waals surface area contributed by atoms with Crippen molar-refractivity contribution in [2.75, 3.05) is 6.61 Å². The SMILES string of the molecule is CCCOc1ccc(C(Cl)c2ccc(I)c(Cl)c2)cc1Br. The maximum atomic E-state index is 6.56. The Morgan fingerprint density at radius 1 is 1.19 bits per heavy atom. The standard InChI is InChI=1S/C16H14BrCl2IO/c1-2-7-21-15-6-4-10(8-12(15)17)16(19)11-3-5-14(20)13(18)9-11/h3-6,8-9,16H,2,7H2,1H3. The summed E-state index contributed by atoms with van der Waals surface area (Å²) in [7, 11) is 0. The molecular weight excluding hydrogens is 486 g/mol. The average Bonchev–Trinajstić information content (AvgIpc) is 2.48. The Balaban J connectivity index is 2.24. The Labute approximate surface area is 157 Å². The highest BCUT2D eigenvalue weighted by molar-refractivity contribution is 14.1. The van der Waals surface area contributed by atoms with Crippen molar-refractivity contribution in [2.45, 2.75) is 18.7 Å². The van der Waals surface area contributed by atoms with Gasteiger partial charge in [0.15, 0.2) is 0 Å². The lowest BCUT2D eigenvalue weighted by molar-refractivity contribution is 0.315. The van der Waals surface area contributed by atoms with Crippen LogP contribution in [0.5, 0.6) is 5.75 Å². The van der Waals surface area contributed by atoms with Gasteiger partial charge in [0, 0.05) is 3.57 Å². The van der Waals surface area contributed by atoms with Gasteiger partial charge in [-0.1, -0.05) is 30.7 Å². The highest BCUT2D eigenvalue weighted by Crippen LogP contribution is 2.35. The maximum absolute atomic E-state index is 6.56. The first-order valence-corrected chi connectivity index (χ1v) is 9.22. The van der Waals surface area contributed by atoms with Crippen molar-refractivity contribution in [3.63, 3.8) is 0 Å². The van der Waals surface area contributed by atoms with E-state index < -0.39 is 0 Å². The van der Waals surface area contributed by atoms with E-state index in [1.807, 2.05) is 36.4 Å². The van der Waals surface area contributed by atoms with E-state index in [2.05, 4.69) is 45.4 Å². The summed E-state index contributed by atoms with van der Waals surface area (Å²) < 4.78 is 7.58. The number of hydrogen-bond acceptors (Lipinski definition) is 1. The fraction of sp³-hybridized carbons (Fsp3) is 0.250. The van der Waals surface area contributed by atoms with Crippen LogP contribution in [0.15, 0.2) is 40.9 Å². The minimum atomic E-state index is -0.240. The van der Waals surface area contributed by atoms with Gasteiger partial charge in [-0.3, -0.25) is 0 Å². The Morgan fingerprint density at radius 3 is 2.48 bits per heavy atom. The van der Waals surface area contributed by atoms with E-state index in [4.69, 9.17) is 27.9 Å². The molecule has 2 aromatic rings. The molecule has 1 unspecified atom stereocenters. The lowest BCUT2D eigenvalue weighted by atomic mass is 10.0.